The molecule has 1 fully saturated rings. The van der Waals surface area contributed by atoms with Crippen LogP contribution in [0.25, 0.3) is 0 Å². The second-order valence-corrected chi connectivity index (χ2v) is 7.06. The molecule has 1 saturated carbocycles. The fraction of sp³-hybridized carbons (Fsp3) is 0.647. The van der Waals surface area contributed by atoms with E-state index in [0.717, 1.165) is 18.6 Å². The summed E-state index contributed by atoms with van der Waals surface area (Å²) in [6.07, 6.45) is 4.67. The summed E-state index contributed by atoms with van der Waals surface area (Å²) in [5, 5.41) is 4.48. The lowest BCUT2D eigenvalue weighted by molar-refractivity contribution is 0.0524. The van der Waals surface area contributed by atoms with Gasteiger partial charge in [-0.3, -0.25) is 0 Å². The molecule has 1 aliphatic rings. The van der Waals surface area contributed by atoms with Crippen LogP contribution in [0.4, 0.5) is 5.95 Å². The number of carbonyl (C=O) groups is 1. The van der Waals surface area contributed by atoms with E-state index in [-0.39, 0.29) is 5.41 Å². The van der Waals surface area contributed by atoms with Crippen molar-refractivity contribution >= 4 is 17.6 Å². The number of nitrogens with one attached hydrogen (secondary N) is 1. The van der Waals surface area contributed by atoms with Crippen molar-refractivity contribution in [3.05, 3.63) is 17.5 Å². The summed E-state index contributed by atoms with van der Waals surface area (Å²) in [7, 11) is 0. The molecule has 1 aliphatic carbocycles. The lowest BCUT2D eigenvalue weighted by atomic mass is 9.72. The van der Waals surface area contributed by atoms with Crippen LogP contribution < -0.4 is 5.43 Å². The number of aromatic nitrogens is 2. The molecular formula is C17H26N4O2. The van der Waals surface area contributed by atoms with Gasteiger partial charge in [0.05, 0.1) is 17.9 Å². The predicted octanol–water partition coefficient (Wildman–Crippen LogP) is 3.58. The highest BCUT2D eigenvalue weighted by Gasteiger charge is 2.29. The molecule has 1 N–H and O–H groups in total. The third-order valence-electron chi connectivity index (χ3n) is 3.96. The number of hydrogen-bond donors (Lipinski definition) is 1. The van der Waals surface area contributed by atoms with Crippen molar-refractivity contribution in [2.24, 2.45) is 16.4 Å². The standard InChI is InChI=1S/C17H26N4O2/c1-6-23-15(22)14-10-18-16(19-12(14)3)21-20-13-7-11(2)8-17(4,5)9-13/h10-11H,6-9H2,1-5H3,(H,18,19,21). The molecule has 23 heavy (non-hydrogen) atoms. The molecular weight excluding hydrogens is 292 g/mol. The zero-order valence-electron chi connectivity index (χ0n) is 14.6. The molecule has 0 saturated heterocycles. The Balaban J connectivity index is 2.07. The second-order valence-electron chi connectivity index (χ2n) is 7.06. The fourth-order valence-corrected chi connectivity index (χ4v) is 3.26. The number of nitrogens with zero attached hydrogens (tertiary/aromatic N) is 3. The Hall–Kier alpha value is -1.98. The highest BCUT2D eigenvalue weighted by Crippen LogP contribution is 2.36. The van der Waals surface area contributed by atoms with E-state index in [0.29, 0.717) is 29.7 Å². The minimum atomic E-state index is -0.397. The highest BCUT2D eigenvalue weighted by molar-refractivity contribution is 5.90. The lowest BCUT2D eigenvalue weighted by Crippen LogP contribution is -2.28. The van der Waals surface area contributed by atoms with Crippen LogP contribution in [0.2, 0.25) is 0 Å². The Kier molecular flexibility index (Phi) is 5.34. The Morgan fingerprint density at radius 2 is 2.26 bits per heavy atom. The zero-order chi connectivity index (χ0) is 17.0. The van der Waals surface area contributed by atoms with Gasteiger partial charge in [0.25, 0.3) is 0 Å². The van der Waals surface area contributed by atoms with Crippen LogP contribution in [0.3, 0.4) is 0 Å². The molecule has 0 radical (unpaired) electrons. The molecule has 6 nitrogen and oxygen atoms in total. The molecule has 0 aromatic carbocycles. The van der Waals surface area contributed by atoms with E-state index in [1.165, 1.54) is 12.6 Å². The van der Waals surface area contributed by atoms with Gasteiger partial charge in [-0.15, -0.1) is 0 Å². The molecule has 1 aromatic heterocycles. The summed E-state index contributed by atoms with van der Waals surface area (Å²) in [5.74, 6) is 0.637. The first-order valence-corrected chi connectivity index (χ1v) is 8.13. The quantitative estimate of drug-likeness (QED) is 0.678. The van der Waals surface area contributed by atoms with E-state index in [2.05, 4.69) is 41.3 Å². The second kappa shape index (κ2) is 7.06. The van der Waals surface area contributed by atoms with Gasteiger partial charge in [-0.25, -0.2) is 20.2 Å². The first-order valence-electron chi connectivity index (χ1n) is 8.13. The van der Waals surface area contributed by atoms with E-state index < -0.39 is 5.97 Å². The average molecular weight is 318 g/mol. The summed E-state index contributed by atoms with van der Waals surface area (Å²) in [6.45, 7) is 10.7. The zero-order valence-corrected chi connectivity index (χ0v) is 14.6. The molecule has 0 amide bonds. The summed E-state index contributed by atoms with van der Waals surface area (Å²) in [4.78, 5) is 20.2. The van der Waals surface area contributed by atoms with E-state index in [4.69, 9.17) is 4.74 Å². The summed E-state index contributed by atoms with van der Waals surface area (Å²) >= 11 is 0. The third kappa shape index (κ3) is 4.74. The maximum Gasteiger partial charge on any atom is 0.341 e. The number of esters is 1. The van der Waals surface area contributed by atoms with Gasteiger partial charge < -0.3 is 4.74 Å². The van der Waals surface area contributed by atoms with Gasteiger partial charge in [0, 0.05) is 11.9 Å². The van der Waals surface area contributed by atoms with E-state index in [9.17, 15) is 4.79 Å². The maximum atomic E-state index is 11.7. The molecule has 0 spiro atoms. The molecule has 0 aliphatic heterocycles. The largest absolute Gasteiger partial charge is 0.462 e. The van der Waals surface area contributed by atoms with Crippen LogP contribution in [-0.2, 0) is 4.74 Å². The minimum absolute atomic E-state index is 0.280. The van der Waals surface area contributed by atoms with Crippen LogP contribution in [0.5, 0.6) is 0 Å². The molecule has 2 rings (SSSR count). The van der Waals surface area contributed by atoms with Crippen molar-refractivity contribution in [3.8, 4) is 0 Å². The van der Waals surface area contributed by atoms with Crippen LogP contribution in [-0.4, -0.2) is 28.3 Å². The van der Waals surface area contributed by atoms with Gasteiger partial charge in [0.1, 0.15) is 0 Å². The van der Waals surface area contributed by atoms with Gasteiger partial charge in [0.2, 0.25) is 5.95 Å². The molecule has 1 aromatic rings. The van der Waals surface area contributed by atoms with Crippen molar-refractivity contribution in [3.63, 3.8) is 0 Å². The number of aryl methyl sites for hydroxylation is 1. The summed E-state index contributed by atoms with van der Waals surface area (Å²) < 4.78 is 4.97. The maximum absolute atomic E-state index is 11.7. The number of anilines is 1. The van der Waals surface area contributed by atoms with Gasteiger partial charge in [-0.05, 0) is 44.4 Å². The van der Waals surface area contributed by atoms with Crippen molar-refractivity contribution in [2.45, 2.75) is 53.9 Å². The van der Waals surface area contributed by atoms with E-state index >= 15 is 0 Å². The van der Waals surface area contributed by atoms with Crippen molar-refractivity contribution in [1.29, 1.82) is 0 Å². The average Bonchev–Trinajstić information content (AvgIpc) is 2.43. The smallest absolute Gasteiger partial charge is 0.341 e. The monoisotopic (exact) mass is 318 g/mol. The molecule has 6 heteroatoms. The van der Waals surface area contributed by atoms with Crippen LogP contribution in [0, 0.1) is 18.3 Å². The molecule has 1 atom stereocenters. The molecule has 1 unspecified atom stereocenters. The third-order valence-corrected chi connectivity index (χ3v) is 3.96. The normalized spacial score (nSPS) is 22.0. The molecule has 0 bridgehead atoms. The Morgan fingerprint density at radius 3 is 2.87 bits per heavy atom. The van der Waals surface area contributed by atoms with Gasteiger partial charge in [0.15, 0.2) is 0 Å². The summed E-state index contributed by atoms with van der Waals surface area (Å²) in [5.41, 5.74) is 5.32. The van der Waals surface area contributed by atoms with E-state index in [1.54, 1.807) is 13.8 Å². The van der Waals surface area contributed by atoms with Crippen molar-refractivity contribution in [1.82, 2.24) is 9.97 Å². The SMILES string of the molecule is CCOC(=O)c1cnc(NN=C2CC(C)CC(C)(C)C2)nc1C. The van der Waals surface area contributed by atoms with Crippen LogP contribution >= 0.6 is 0 Å². The van der Waals surface area contributed by atoms with Gasteiger partial charge in [-0.2, -0.15) is 5.10 Å². The van der Waals surface area contributed by atoms with E-state index in [1.807, 2.05) is 0 Å². The summed E-state index contributed by atoms with van der Waals surface area (Å²) in [6, 6.07) is 0. The predicted molar refractivity (Wildman–Crippen MR) is 90.6 cm³/mol. The first-order chi connectivity index (χ1) is 10.8. The van der Waals surface area contributed by atoms with Crippen LogP contribution in [0.15, 0.2) is 11.3 Å². The Morgan fingerprint density at radius 1 is 1.52 bits per heavy atom. The number of hydrogen-bond acceptors (Lipinski definition) is 6. The molecule has 126 valence electrons. The highest BCUT2D eigenvalue weighted by atomic mass is 16.5. The topological polar surface area (TPSA) is 76.5 Å². The molecule has 1 heterocycles. The Labute approximate surface area is 137 Å². The lowest BCUT2D eigenvalue weighted by Gasteiger charge is -2.34. The number of hydrazone groups is 1. The Bertz CT molecular complexity index is 611. The van der Waals surface area contributed by atoms with Crippen molar-refractivity contribution in [2.75, 3.05) is 12.0 Å². The minimum Gasteiger partial charge on any atom is -0.462 e. The first kappa shape index (κ1) is 17.4. The van der Waals surface area contributed by atoms with Gasteiger partial charge >= 0.3 is 5.97 Å². The van der Waals surface area contributed by atoms with Crippen molar-refractivity contribution < 1.29 is 9.53 Å². The number of rotatable bonds is 4. The van der Waals surface area contributed by atoms with Gasteiger partial charge in [-0.1, -0.05) is 20.8 Å². The fourth-order valence-electron chi connectivity index (χ4n) is 3.26. The van der Waals surface area contributed by atoms with Crippen LogP contribution in [0.1, 0.15) is 63.0 Å². The number of ether oxygens (including phenoxy) is 1. The number of carbonyl (C=O) groups excluding carboxylic acids is 1.